The third-order valence-corrected chi connectivity index (χ3v) is 2.54. The lowest BCUT2D eigenvalue weighted by atomic mass is 10.1. The van der Waals surface area contributed by atoms with Crippen molar-refractivity contribution in [3.63, 3.8) is 0 Å². The Morgan fingerprint density at radius 3 is 2.67 bits per heavy atom. The van der Waals surface area contributed by atoms with Gasteiger partial charge in [-0.15, -0.1) is 24.8 Å². The molecule has 0 spiro atoms. The summed E-state index contributed by atoms with van der Waals surface area (Å²) in [4.78, 5) is 10.4. The van der Waals surface area contributed by atoms with Crippen LogP contribution in [0.3, 0.4) is 0 Å². The highest BCUT2D eigenvalue weighted by molar-refractivity contribution is 6.20. The molecule has 3 nitrogen and oxygen atoms in total. The molecule has 0 amide bonds. The van der Waals surface area contributed by atoms with Crippen molar-refractivity contribution < 1.29 is 27.8 Å². The van der Waals surface area contributed by atoms with Gasteiger partial charge in [-0.2, -0.15) is 0 Å². The zero-order valence-corrected chi connectivity index (χ0v) is 9.83. The van der Waals surface area contributed by atoms with Gasteiger partial charge in [0.25, 0.3) is 0 Å². The number of ether oxygens (including phenoxy) is 1. The minimum absolute atomic E-state index is 0.131. The van der Waals surface area contributed by atoms with Crippen LogP contribution in [0.15, 0.2) is 24.3 Å². The second-order valence-electron chi connectivity index (χ2n) is 3.52. The van der Waals surface area contributed by atoms with Crippen molar-refractivity contribution >= 4 is 17.6 Å². The molecule has 0 aliphatic rings. The second kappa shape index (κ2) is 5.95. The standard InChI is InChI=1S/C11H10ClF3O3/c12-9(4-5-10(16)17)7-2-1-3-8(6-7)18-11(13,14)15/h1-3,6,9H,4-5H2,(H,16,17). The molecule has 0 aliphatic heterocycles. The van der Waals surface area contributed by atoms with Gasteiger partial charge in [0.1, 0.15) is 5.75 Å². The van der Waals surface area contributed by atoms with Crippen LogP contribution in [0.5, 0.6) is 5.75 Å². The van der Waals surface area contributed by atoms with Crippen molar-refractivity contribution in [2.75, 3.05) is 0 Å². The maximum absolute atomic E-state index is 12.0. The number of hydrogen-bond acceptors (Lipinski definition) is 2. The molecule has 18 heavy (non-hydrogen) atoms. The first-order valence-corrected chi connectivity index (χ1v) is 5.43. The Balaban J connectivity index is 2.72. The zero-order valence-electron chi connectivity index (χ0n) is 9.08. The van der Waals surface area contributed by atoms with Gasteiger partial charge in [-0.05, 0) is 24.1 Å². The van der Waals surface area contributed by atoms with E-state index in [1.165, 1.54) is 12.1 Å². The molecule has 1 unspecified atom stereocenters. The number of alkyl halides is 4. The minimum Gasteiger partial charge on any atom is -0.481 e. The van der Waals surface area contributed by atoms with Gasteiger partial charge in [-0.1, -0.05) is 12.1 Å². The van der Waals surface area contributed by atoms with Crippen molar-refractivity contribution in [2.45, 2.75) is 24.6 Å². The monoisotopic (exact) mass is 282 g/mol. The number of aliphatic carboxylic acids is 1. The van der Waals surface area contributed by atoms with E-state index in [0.29, 0.717) is 5.56 Å². The maximum Gasteiger partial charge on any atom is 0.573 e. The second-order valence-corrected chi connectivity index (χ2v) is 4.05. The maximum atomic E-state index is 12.0. The summed E-state index contributed by atoms with van der Waals surface area (Å²) in [5.74, 6) is -1.38. The van der Waals surface area contributed by atoms with Gasteiger partial charge in [0.2, 0.25) is 0 Å². The third kappa shape index (κ3) is 5.27. The van der Waals surface area contributed by atoms with Crippen LogP contribution in [0.25, 0.3) is 0 Å². The summed E-state index contributed by atoms with van der Waals surface area (Å²) >= 11 is 5.89. The number of carbonyl (C=O) groups is 1. The Labute approximate surface area is 106 Å². The molecule has 0 aliphatic carbocycles. The van der Waals surface area contributed by atoms with Crippen LogP contribution in [0.1, 0.15) is 23.8 Å². The van der Waals surface area contributed by atoms with Crippen LogP contribution in [0.4, 0.5) is 13.2 Å². The summed E-state index contributed by atoms with van der Waals surface area (Å²) in [5.41, 5.74) is 0.389. The first-order valence-electron chi connectivity index (χ1n) is 4.99. The van der Waals surface area contributed by atoms with Crippen LogP contribution in [0.2, 0.25) is 0 Å². The minimum atomic E-state index is -4.76. The number of carboxylic acids is 1. The fraction of sp³-hybridized carbons (Fsp3) is 0.364. The summed E-state index contributed by atoms with van der Waals surface area (Å²) in [7, 11) is 0. The Morgan fingerprint density at radius 2 is 2.11 bits per heavy atom. The van der Waals surface area contributed by atoms with E-state index in [2.05, 4.69) is 4.74 Å². The molecule has 0 fully saturated rings. The van der Waals surface area contributed by atoms with Gasteiger partial charge in [0.05, 0.1) is 5.38 Å². The largest absolute Gasteiger partial charge is 0.573 e. The van der Waals surface area contributed by atoms with Crippen LogP contribution in [-0.4, -0.2) is 17.4 Å². The highest BCUT2D eigenvalue weighted by atomic mass is 35.5. The van der Waals surface area contributed by atoms with Crippen molar-refractivity contribution in [3.05, 3.63) is 29.8 Å². The van der Waals surface area contributed by atoms with E-state index in [9.17, 15) is 18.0 Å². The number of halogens is 4. The quantitative estimate of drug-likeness (QED) is 0.837. The molecular weight excluding hydrogens is 273 g/mol. The summed E-state index contributed by atoms with van der Waals surface area (Å²) in [6.45, 7) is 0. The molecular formula is C11H10ClF3O3. The van der Waals surface area contributed by atoms with Gasteiger partial charge < -0.3 is 9.84 Å². The molecule has 1 N–H and O–H groups in total. The first-order chi connectivity index (χ1) is 8.28. The molecule has 0 aromatic heterocycles. The van der Waals surface area contributed by atoms with E-state index < -0.39 is 17.7 Å². The van der Waals surface area contributed by atoms with E-state index in [-0.39, 0.29) is 18.6 Å². The van der Waals surface area contributed by atoms with Gasteiger partial charge in [-0.25, -0.2) is 0 Å². The van der Waals surface area contributed by atoms with Gasteiger partial charge in [0, 0.05) is 6.42 Å². The zero-order chi connectivity index (χ0) is 13.8. The molecule has 0 heterocycles. The normalized spacial score (nSPS) is 13.1. The Hall–Kier alpha value is -1.43. The predicted octanol–water partition coefficient (Wildman–Crippen LogP) is 3.73. The number of hydrogen-bond donors (Lipinski definition) is 1. The fourth-order valence-corrected chi connectivity index (χ4v) is 1.57. The molecule has 7 heteroatoms. The van der Waals surface area contributed by atoms with Crippen molar-refractivity contribution in [3.8, 4) is 5.75 Å². The number of carboxylic acid groups (broad SMARTS) is 1. The summed E-state index contributed by atoms with van der Waals surface area (Å²) in [6.07, 6.45) is -4.79. The van der Waals surface area contributed by atoms with Crippen molar-refractivity contribution in [1.82, 2.24) is 0 Å². The topological polar surface area (TPSA) is 46.5 Å². The molecule has 1 rings (SSSR count). The fourth-order valence-electron chi connectivity index (χ4n) is 1.32. The van der Waals surface area contributed by atoms with E-state index in [4.69, 9.17) is 16.7 Å². The molecule has 1 atom stereocenters. The summed E-state index contributed by atoms with van der Waals surface area (Å²) in [5, 5.41) is 7.82. The molecule has 0 bridgehead atoms. The highest BCUT2D eigenvalue weighted by Crippen LogP contribution is 2.30. The van der Waals surface area contributed by atoms with Gasteiger partial charge >= 0.3 is 12.3 Å². The van der Waals surface area contributed by atoms with Crippen LogP contribution in [0, 0.1) is 0 Å². The Kier molecular flexibility index (Phi) is 4.84. The molecule has 0 saturated heterocycles. The van der Waals surface area contributed by atoms with E-state index in [1.807, 2.05) is 0 Å². The van der Waals surface area contributed by atoms with Crippen LogP contribution < -0.4 is 4.74 Å². The van der Waals surface area contributed by atoms with Crippen molar-refractivity contribution in [2.24, 2.45) is 0 Å². The summed E-state index contributed by atoms with van der Waals surface area (Å²) < 4.78 is 39.7. The smallest absolute Gasteiger partial charge is 0.481 e. The predicted molar refractivity (Wildman–Crippen MR) is 58.6 cm³/mol. The van der Waals surface area contributed by atoms with E-state index in [0.717, 1.165) is 12.1 Å². The van der Waals surface area contributed by atoms with Crippen molar-refractivity contribution in [1.29, 1.82) is 0 Å². The van der Waals surface area contributed by atoms with Gasteiger partial charge in [-0.3, -0.25) is 4.79 Å². The molecule has 100 valence electrons. The summed E-state index contributed by atoms with van der Waals surface area (Å²) in [6, 6.07) is 5.18. The van der Waals surface area contributed by atoms with Gasteiger partial charge in [0.15, 0.2) is 0 Å². The Bertz CT molecular complexity index is 420. The first kappa shape index (κ1) is 14.6. The number of rotatable bonds is 5. The third-order valence-electron chi connectivity index (χ3n) is 2.07. The lowest BCUT2D eigenvalue weighted by Crippen LogP contribution is -2.17. The molecule has 1 aromatic carbocycles. The lowest BCUT2D eigenvalue weighted by molar-refractivity contribution is -0.274. The SMILES string of the molecule is O=C(O)CCC(Cl)c1cccc(OC(F)(F)F)c1. The van der Waals surface area contributed by atoms with Crippen LogP contribution >= 0.6 is 11.6 Å². The van der Waals surface area contributed by atoms with Crippen LogP contribution in [-0.2, 0) is 4.79 Å². The average Bonchev–Trinajstić information content (AvgIpc) is 2.23. The average molecular weight is 283 g/mol. The Morgan fingerprint density at radius 1 is 1.44 bits per heavy atom. The molecule has 0 saturated carbocycles. The van der Waals surface area contributed by atoms with E-state index >= 15 is 0 Å². The highest BCUT2D eigenvalue weighted by Gasteiger charge is 2.31. The lowest BCUT2D eigenvalue weighted by Gasteiger charge is -2.12. The number of benzene rings is 1. The molecule has 1 aromatic rings. The molecule has 0 radical (unpaired) electrons. The van der Waals surface area contributed by atoms with E-state index in [1.54, 1.807) is 0 Å².